The Morgan fingerprint density at radius 3 is 2.76 bits per heavy atom. The van der Waals surface area contributed by atoms with Crippen LogP contribution in [-0.4, -0.2) is 23.4 Å². The average molecular weight is 312 g/mol. The Balaban J connectivity index is 2.49. The van der Waals surface area contributed by atoms with E-state index in [-0.39, 0.29) is 22.7 Å². The fourth-order valence-corrected chi connectivity index (χ4v) is 2.87. The third-order valence-electron chi connectivity index (χ3n) is 3.68. The maximum atomic E-state index is 11.3. The second-order valence-electron chi connectivity index (χ2n) is 5.30. The zero-order valence-electron chi connectivity index (χ0n) is 12.1. The fourth-order valence-electron chi connectivity index (χ4n) is 2.67. The van der Waals surface area contributed by atoms with Crippen LogP contribution in [-0.2, 0) is 4.79 Å². The summed E-state index contributed by atoms with van der Waals surface area (Å²) < 4.78 is 0. The van der Waals surface area contributed by atoms with Crippen LogP contribution in [0.1, 0.15) is 33.1 Å². The van der Waals surface area contributed by atoms with E-state index in [0.717, 1.165) is 25.8 Å². The Morgan fingerprint density at radius 2 is 2.19 bits per heavy atom. The number of carbonyl (C=O) groups is 1. The van der Waals surface area contributed by atoms with Crippen LogP contribution in [0.2, 0.25) is 5.02 Å². The molecule has 2 rings (SSSR count). The predicted octanol–water partition coefficient (Wildman–Crippen LogP) is 3.59. The molecule has 0 aromatic heterocycles. The number of piperidine rings is 1. The highest BCUT2D eigenvalue weighted by Crippen LogP contribution is 2.39. The molecule has 0 aliphatic carbocycles. The van der Waals surface area contributed by atoms with Crippen molar-refractivity contribution >= 4 is 34.6 Å². The topological polar surface area (TPSA) is 75.5 Å². The van der Waals surface area contributed by atoms with Gasteiger partial charge in [-0.25, -0.2) is 0 Å². The number of hydrogen-bond acceptors (Lipinski definition) is 4. The molecule has 1 amide bonds. The molecule has 1 aliphatic rings. The number of nitrogens with one attached hydrogen (secondary N) is 1. The fraction of sp³-hybridized carbons (Fsp3) is 0.500. The first-order chi connectivity index (χ1) is 9.90. The van der Waals surface area contributed by atoms with Gasteiger partial charge >= 0.3 is 0 Å². The van der Waals surface area contributed by atoms with E-state index in [4.69, 9.17) is 11.6 Å². The molecule has 1 aromatic rings. The maximum absolute atomic E-state index is 11.3. The third-order valence-corrected chi connectivity index (χ3v) is 4.00. The summed E-state index contributed by atoms with van der Waals surface area (Å²) in [5, 5.41) is 14.1. The molecule has 0 bridgehead atoms. The van der Waals surface area contributed by atoms with Gasteiger partial charge in [0.2, 0.25) is 5.91 Å². The molecule has 1 saturated heterocycles. The molecular formula is C14H18ClN3O3. The number of nitro groups is 1. The average Bonchev–Trinajstić information content (AvgIpc) is 2.40. The molecule has 1 heterocycles. The number of benzene rings is 1. The SMILES string of the molecule is CC(=O)Nc1cc(N2CCCCC2C)c([N+](=O)[O-])cc1Cl. The lowest BCUT2D eigenvalue weighted by Gasteiger charge is -2.35. The van der Waals surface area contributed by atoms with Crippen LogP contribution in [0, 0.1) is 10.1 Å². The van der Waals surface area contributed by atoms with E-state index in [2.05, 4.69) is 12.2 Å². The lowest BCUT2D eigenvalue weighted by molar-refractivity contribution is -0.384. The first kappa shape index (κ1) is 15.6. The number of carbonyl (C=O) groups excluding carboxylic acids is 1. The minimum Gasteiger partial charge on any atom is -0.363 e. The molecule has 1 unspecified atom stereocenters. The van der Waals surface area contributed by atoms with Gasteiger partial charge in [-0.05, 0) is 32.3 Å². The molecule has 1 fully saturated rings. The van der Waals surface area contributed by atoms with Crippen LogP contribution < -0.4 is 10.2 Å². The van der Waals surface area contributed by atoms with E-state index in [0.29, 0.717) is 11.4 Å². The van der Waals surface area contributed by atoms with Crippen molar-refractivity contribution in [1.29, 1.82) is 0 Å². The van der Waals surface area contributed by atoms with E-state index in [1.165, 1.54) is 13.0 Å². The number of rotatable bonds is 3. The number of hydrogen-bond donors (Lipinski definition) is 1. The smallest absolute Gasteiger partial charge is 0.294 e. The van der Waals surface area contributed by atoms with Gasteiger partial charge in [-0.15, -0.1) is 0 Å². The van der Waals surface area contributed by atoms with Gasteiger partial charge in [0.25, 0.3) is 5.69 Å². The van der Waals surface area contributed by atoms with Gasteiger partial charge in [0.15, 0.2) is 0 Å². The Labute approximate surface area is 128 Å². The van der Waals surface area contributed by atoms with Crippen molar-refractivity contribution in [3.05, 3.63) is 27.3 Å². The zero-order valence-corrected chi connectivity index (χ0v) is 12.8. The van der Waals surface area contributed by atoms with Crippen molar-refractivity contribution in [3.63, 3.8) is 0 Å². The van der Waals surface area contributed by atoms with E-state index in [1.807, 2.05) is 4.90 Å². The standard InChI is InChI=1S/C14H18ClN3O3/c1-9-5-3-4-6-17(9)13-8-12(16-10(2)19)11(15)7-14(13)18(20)21/h7-9H,3-6H2,1-2H3,(H,16,19). The molecule has 0 spiro atoms. The van der Waals surface area contributed by atoms with E-state index in [9.17, 15) is 14.9 Å². The molecule has 1 N–H and O–H groups in total. The van der Waals surface area contributed by atoms with Crippen LogP contribution >= 0.6 is 11.6 Å². The molecule has 1 atom stereocenters. The first-order valence-corrected chi connectivity index (χ1v) is 7.30. The highest BCUT2D eigenvalue weighted by molar-refractivity contribution is 6.34. The highest BCUT2D eigenvalue weighted by atomic mass is 35.5. The van der Waals surface area contributed by atoms with Crippen molar-refractivity contribution in [1.82, 2.24) is 0 Å². The summed E-state index contributed by atoms with van der Waals surface area (Å²) >= 11 is 6.03. The summed E-state index contributed by atoms with van der Waals surface area (Å²) in [6.07, 6.45) is 3.12. The minimum atomic E-state index is -0.430. The summed E-state index contributed by atoms with van der Waals surface area (Å²) in [4.78, 5) is 24.1. The number of amides is 1. The maximum Gasteiger partial charge on any atom is 0.294 e. The van der Waals surface area contributed by atoms with Crippen LogP contribution in [0.5, 0.6) is 0 Å². The largest absolute Gasteiger partial charge is 0.363 e. The summed E-state index contributed by atoms with van der Waals surface area (Å²) in [6, 6.07) is 3.14. The second-order valence-corrected chi connectivity index (χ2v) is 5.70. The van der Waals surface area contributed by atoms with E-state index >= 15 is 0 Å². The van der Waals surface area contributed by atoms with Crippen LogP contribution in [0.3, 0.4) is 0 Å². The first-order valence-electron chi connectivity index (χ1n) is 6.92. The molecule has 1 aliphatic heterocycles. The monoisotopic (exact) mass is 311 g/mol. The number of halogens is 1. The third kappa shape index (κ3) is 3.44. The Hall–Kier alpha value is -1.82. The van der Waals surface area contributed by atoms with Gasteiger partial charge in [-0.2, -0.15) is 0 Å². The van der Waals surface area contributed by atoms with Gasteiger partial charge in [-0.1, -0.05) is 11.6 Å². The number of nitro benzene ring substituents is 1. The van der Waals surface area contributed by atoms with Gasteiger partial charge in [0, 0.05) is 25.6 Å². The van der Waals surface area contributed by atoms with Crippen molar-refractivity contribution in [2.75, 3.05) is 16.8 Å². The Kier molecular flexibility index (Phi) is 4.67. The quantitative estimate of drug-likeness (QED) is 0.683. The summed E-state index contributed by atoms with van der Waals surface area (Å²) in [7, 11) is 0. The summed E-state index contributed by atoms with van der Waals surface area (Å²) in [6.45, 7) is 4.19. The van der Waals surface area contributed by atoms with Crippen molar-refractivity contribution < 1.29 is 9.72 Å². The van der Waals surface area contributed by atoms with Gasteiger partial charge in [0.1, 0.15) is 5.69 Å². The molecule has 7 heteroatoms. The Morgan fingerprint density at radius 1 is 1.48 bits per heavy atom. The normalized spacial score (nSPS) is 18.4. The number of nitrogens with zero attached hydrogens (tertiary/aromatic N) is 2. The molecule has 0 saturated carbocycles. The number of anilines is 2. The van der Waals surface area contributed by atoms with Gasteiger partial charge < -0.3 is 10.2 Å². The van der Waals surface area contributed by atoms with E-state index < -0.39 is 4.92 Å². The molecule has 114 valence electrons. The molecule has 6 nitrogen and oxygen atoms in total. The zero-order chi connectivity index (χ0) is 15.6. The molecule has 21 heavy (non-hydrogen) atoms. The van der Waals surface area contributed by atoms with E-state index in [1.54, 1.807) is 6.07 Å². The van der Waals surface area contributed by atoms with Crippen molar-refractivity contribution in [2.24, 2.45) is 0 Å². The minimum absolute atomic E-state index is 0.0251. The van der Waals surface area contributed by atoms with Gasteiger partial charge in [-0.3, -0.25) is 14.9 Å². The lowest BCUT2D eigenvalue weighted by Crippen LogP contribution is -2.37. The summed E-state index contributed by atoms with van der Waals surface area (Å²) in [5.41, 5.74) is 0.894. The van der Waals surface area contributed by atoms with Crippen molar-refractivity contribution in [2.45, 2.75) is 39.2 Å². The highest BCUT2D eigenvalue weighted by Gasteiger charge is 2.27. The molecular weight excluding hydrogens is 294 g/mol. The van der Waals surface area contributed by atoms with Crippen molar-refractivity contribution in [3.8, 4) is 0 Å². The second kappa shape index (κ2) is 6.30. The Bertz CT molecular complexity index is 577. The van der Waals surface area contributed by atoms with Crippen LogP contribution in [0.15, 0.2) is 12.1 Å². The van der Waals surface area contributed by atoms with Crippen LogP contribution in [0.25, 0.3) is 0 Å². The molecule has 1 aromatic carbocycles. The van der Waals surface area contributed by atoms with Gasteiger partial charge in [0.05, 0.1) is 15.6 Å². The van der Waals surface area contributed by atoms with Crippen LogP contribution in [0.4, 0.5) is 17.1 Å². The predicted molar refractivity (Wildman–Crippen MR) is 83.1 cm³/mol. The lowest BCUT2D eigenvalue weighted by atomic mass is 10.0. The molecule has 0 radical (unpaired) electrons. The summed E-state index contributed by atoms with van der Waals surface area (Å²) in [5.74, 6) is -0.261.